The van der Waals surface area contributed by atoms with Gasteiger partial charge in [0.1, 0.15) is 6.04 Å². The standard InChI is InChI=1S/C18H26N2O3/c1-13(2)12-16(18(22)23)19-17(21)14-6-8-15(9-7-14)20-10-4-3-5-11-20/h6-9,13,16H,3-5,10-12H2,1-2H3,(H,19,21)(H,22,23). The molecule has 1 aromatic carbocycles. The van der Waals surface area contributed by atoms with E-state index in [-0.39, 0.29) is 11.8 Å². The first-order valence-corrected chi connectivity index (χ1v) is 8.36. The number of rotatable bonds is 6. The van der Waals surface area contributed by atoms with Crippen molar-refractivity contribution >= 4 is 17.6 Å². The van der Waals surface area contributed by atoms with Crippen molar-refractivity contribution in [1.82, 2.24) is 5.32 Å². The minimum atomic E-state index is -0.989. The van der Waals surface area contributed by atoms with Crippen LogP contribution in [0.5, 0.6) is 0 Å². The highest BCUT2D eigenvalue weighted by Gasteiger charge is 2.21. The predicted octanol–water partition coefficient (Wildman–Crippen LogP) is 2.91. The highest BCUT2D eigenvalue weighted by atomic mass is 16.4. The second kappa shape index (κ2) is 7.99. The molecule has 5 heteroatoms. The number of benzene rings is 1. The summed E-state index contributed by atoms with van der Waals surface area (Å²) in [5.41, 5.74) is 1.62. The summed E-state index contributed by atoms with van der Waals surface area (Å²) < 4.78 is 0. The fourth-order valence-electron chi connectivity index (χ4n) is 2.91. The van der Waals surface area contributed by atoms with Crippen LogP contribution in [-0.4, -0.2) is 36.1 Å². The molecule has 0 saturated carbocycles. The lowest BCUT2D eigenvalue weighted by atomic mass is 10.0. The van der Waals surface area contributed by atoms with Crippen LogP contribution in [0.3, 0.4) is 0 Å². The first kappa shape index (κ1) is 17.3. The molecule has 0 aliphatic carbocycles. The second-order valence-electron chi connectivity index (χ2n) is 6.59. The molecule has 1 fully saturated rings. The number of carboxylic acids is 1. The average Bonchev–Trinajstić information content (AvgIpc) is 2.54. The van der Waals surface area contributed by atoms with Crippen molar-refractivity contribution in [2.24, 2.45) is 5.92 Å². The van der Waals surface area contributed by atoms with E-state index in [1.807, 2.05) is 26.0 Å². The van der Waals surface area contributed by atoms with E-state index in [9.17, 15) is 14.7 Å². The van der Waals surface area contributed by atoms with E-state index in [1.165, 1.54) is 19.3 Å². The molecule has 1 aromatic rings. The van der Waals surface area contributed by atoms with Crippen molar-refractivity contribution in [3.05, 3.63) is 29.8 Å². The maximum atomic E-state index is 12.2. The zero-order valence-corrected chi connectivity index (χ0v) is 13.9. The molecule has 1 aliphatic rings. The monoisotopic (exact) mass is 318 g/mol. The van der Waals surface area contributed by atoms with Gasteiger partial charge < -0.3 is 15.3 Å². The van der Waals surface area contributed by atoms with Gasteiger partial charge in [-0.25, -0.2) is 4.79 Å². The van der Waals surface area contributed by atoms with Crippen LogP contribution in [0.2, 0.25) is 0 Å². The second-order valence-corrected chi connectivity index (χ2v) is 6.59. The summed E-state index contributed by atoms with van der Waals surface area (Å²) in [4.78, 5) is 25.8. The lowest BCUT2D eigenvalue weighted by Crippen LogP contribution is -2.41. The van der Waals surface area contributed by atoms with Crippen LogP contribution in [0, 0.1) is 5.92 Å². The van der Waals surface area contributed by atoms with Crippen molar-refractivity contribution in [2.45, 2.75) is 45.6 Å². The van der Waals surface area contributed by atoms with Crippen LogP contribution in [0.25, 0.3) is 0 Å². The number of hydrogen-bond donors (Lipinski definition) is 2. The number of nitrogens with one attached hydrogen (secondary N) is 1. The molecular formula is C18H26N2O3. The molecule has 23 heavy (non-hydrogen) atoms. The molecule has 2 N–H and O–H groups in total. The van der Waals surface area contributed by atoms with Gasteiger partial charge in [0.25, 0.3) is 5.91 Å². The van der Waals surface area contributed by atoms with Gasteiger partial charge in [0, 0.05) is 24.3 Å². The topological polar surface area (TPSA) is 69.6 Å². The van der Waals surface area contributed by atoms with Gasteiger partial charge in [0.2, 0.25) is 0 Å². The molecule has 1 atom stereocenters. The summed E-state index contributed by atoms with van der Waals surface area (Å²) in [6.45, 7) is 5.99. The number of nitrogens with zero attached hydrogens (tertiary/aromatic N) is 1. The number of anilines is 1. The van der Waals surface area contributed by atoms with Crippen molar-refractivity contribution in [3.63, 3.8) is 0 Å². The number of carbonyl (C=O) groups excluding carboxylic acids is 1. The Labute approximate surface area is 137 Å². The Morgan fingerprint density at radius 2 is 1.74 bits per heavy atom. The van der Waals surface area contributed by atoms with E-state index < -0.39 is 12.0 Å². The Morgan fingerprint density at radius 3 is 2.26 bits per heavy atom. The fraction of sp³-hybridized carbons (Fsp3) is 0.556. The Kier molecular flexibility index (Phi) is 6.02. The third kappa shape index (κ3) is 4.98. The highest BCUT2D eigenvalue weighted by Crippen LogP contribution is 2.20. The zero-order chi connectivity index (χ0) is 16.8. The van der Waals surface area contributed by atoms with E-state index in [4.69, 9.17) is 0 Å². The summed E-state index contributed by atoms with van der Waals surface area (Å²) in [6.07, 6.45) is 4.12. The molecule has 5 nitrogen and oxygen atoms in total. The summed E-state index contributed by atoms with van der Waals surface area (Å²) in [5.74, 6) is -1.11. The smallest absolute Gasteiger partial charge is 0.326 e. The summed E-state index contributed by atoms with van der Waals surface area (Å²) in [6, 6.07) is 6.59. The minimum Gasteiger partial charge on any atom is -0.480 e. The van der Waals surface area contributed by atoms with E-state index in [0.717, 1.165) is 18.8 Å². The molecule has 0 aromatic heterocycles. The van der Waals surface area contributed by atoms with Crippen LogP contribution in [0.4, 0.5) is 5.69 Å². The maximum absolute atomic E-state index is 12.2. The van der Waals surface area contributed by atoms with Crippen LogP contribution < -0.4 is 10.2 Å². The first-order chi connectivity index (χ1) is 11.0. The Bertz CT molecular complexity index is 534. The Hall–Kier alpha value is -2.04. The van der Waals surface area contributed by atoms with Gasteiger partial charge in [0.05, 0.1) is 0 Å². The Balaban J connectivity index is 2.00. The number of piperidine rings is 1. The van der Waals surface area contributed by atoms with Gasteiger partial charge in [-0.2, -0.15) is 0 Å². The lowest BCUT2D eigenvalue weighted by molar-refractivity contribution is -0.139. The molecular weight excluding hydrogens is 292 g/mol. The Morgan fingerprint density at radius 1 is 1.13 bits per heavy atom. The molecule has 1 amide bonds. The van der Waals surface area contributed by atoms with Crippen molar-refractivity contribution in [2.75, 3.05) is 18.0 Å². The van der Waals surface area contributed by atoms with Crippen LogP contribution in [-0.2, 0) is 4.79 Å². The quantitative estimate of drug-likeness (QED) is 0.846. The molecule has 1 aliphatic heterocycles. The molecule has 126 valence electrons. The molecule has 2 rings (SSSR count). The third-order valence-electron chi connectivity index (χ3n) is 4.16. The number of aliphatic carboxylic acids is 1. The van der Waals surface area contributed by atoms with Gasteiger partial charge in [0.15, 0.2) is 0 Å². The van der Waals surface area contributed by atoms with E-state index in [2.05, 4.69) is 10.2 Å². The number of amides is 1. The minimum absolute atomic E-state index is 0.206. The normalized spacial score (nSPS) is 16.2. The zero-order valence-electron chi connectivity index (χ0n) is 13.9. The van der Waals surface area contributed by atoms with Gasteiger partial charge in [-0.15, -0.1) is 0 Å². The van der Waals surface area contributed by atoms with Gasteiger partial charge in [-0.1, -0.05) is 13.8 Å². The largest absolute Gasteiger partial charge is 0.480 e. The maximum Gasteiger partial charge on any atom is 0.326 e. The van der Waals surface area contributed by atoms with Gasteiger partial charge in [-0.05, 0) is 55.9 Å². The summed E-state index contributed by atoms with van der Waals surface area (Å²) in [7, 11) is 0. The van der Waals surface area contributed by atoms with Gasteiger partial charge >= 0.3 is 5.97 Å². The molecule has 0 spiro atoms. The van der Waals surface area contributed by atoms with Crippen molar-refractivity contribution < 1.29 is 14.7 Å². The third-order valence-corrected chi connectivity index (χ3v) is 4.16. The fourth-order valence-corrected chi connectivity index (χ4v) is 2.91. The van der Waals surface area contributed by atoms with Crippen molar-refractivity contribution in [1.29, 1.82) is 0 Å². The molecule has 1 heterocycles. The molecule has 0 bridgehead atoms. The summed E-state index contributed by atoms with van der Waals surface area (Å²) >= 11 is 0. The van der Waals surface area contributed by atoms with Crippen molar-refractivity contribution in [3.8, 4) is 0 Å². The number of carboxylic acid groups (broad SMARTS) is 1. The molecule has 1 unspecified atom stereocenters. The van der Waals surface area contributed by atoms with Crippen LogP contribution in [0.1, 0.15) is 49.9 Å². The first-order valence-electron chi connectivity index (χ1n) is 8.36. The average molecular weight is 318 g/mol. The van der Waals surface area contributed by atoms with Gasteiger partial charge in [-0.3, -0.25) is 4.79 Å². The number of carbonyl (C=O) groups is 2. The van der Waals surface area contributed by atoms with E-state index in [1.54, 1.807) is 12.1 Å². The number of hydrogen-bond acceptors (Lipinski definition) is 3. The van der Waals surface area contributed by atoms with Crippen LogP contribution >= 0.6 is 0 Å². The molecule has 1 saturated heterocycles. The van der Waals surface area contributed by atoms with Crippen LogP contribution in [0.15, 0.2) is 24.3 Å². The van der Waals surface area contributed by atoms with E-state index >= 15 is 0 Å². The highest BCUT2D eigenvalue weighted by molar-refractivity contribution is 5.96. The van der Waals surface area contributed by atoms with E-state index in [0.29, 0.717) is 12.0 Å². The summed E-state index contributed by atoms with van der Waals surface area (Å²) in [5, 5.41) is 11.8. The predicted molar refractivity (Wildman–Crippen MR) is 90.9 cm³/mol. The lowest BCUT2D eigenvalue weighted by Gasteiger charge is -2.28. The SMILES string of the molecule is CC(C)CC(NC(=O)c1ccc(N2CCCCC2)cc1)C(=O)O. The molecule has 0 radical (unpaired) electrons.